The third-order valence-corrected chi connectivity index (χ3v) is 3.69. The Morgan fingerprint density at radius 2 is 2.05 bits per heavy atom. The van der Waals surface area contributed by atoms with Crippen LogP contribution in [0, 0.1) is 5.41 Å². The minimum absolute atomic E-state index is 0.0487. The number of anilines is 2. The van der Waals surface area contributed by atoms with Crippen molar-refractivity contribution >= 4 is 28.2 Å². The maximum absolute atomic E-state index is 12.1. The zero-order valence-electron chi connectivity index (χ0n) is 12.7. The number of hydrogen-bond acceptors (Lipinski definition) is 3. The number of hydrogen-bond donors (Lipinski definition) is 2. The van der Waals surface area contributed by atoms with Crippen molar-refractivity contribution in [3.05, 3.63) is 30.5 Å². The van der Waals surface area contributed by atoms with E-state index in [4.69, 9.17) is 0 Å². The van der Waals surface area contributed by atoms with Gasteiger partial charge in [0.2, 0.25) is 5.91 Å². The van der Waals surface area contributed by atoms with E-state index in [2.05, 4.69) is 36.4 Å². The van der Waals surface area contributed by atoms with E-state index >= 15 is 0 Å². The molecule has 2 heterocycles. The first-order valence-electron chi connectivity index (χ1n) is 7.36. The summed E-state index contributed by atoms with van der Waals surface area (Å²) < 4.78 is 0. The Morgan fingerprint density at radius 3 is 2.81 bits per heavy atom. The van der Waals surface area contributed by atoms with Crippen LogP contribution in [0.25, 0.3) is 10.9 Å². The Hall–Kier alpha value is -2.10. The van der Waals surface area contributed by atoms with E-state index in [1.165, 1.54) is 0 Å². The van der Waals surface area contributed by atoms with E-state index in [-0.39, 0.29) is 17.4 Å². The van der Waals surface area contributed by atoms with Crippen LogP contribution in [0.2, 0.25) is 0 Å². The molecule has 21 heavy (non-hydrogen) atoms. The Balaban J connectivity index is 2.05. The van der Waals surface area contributed by atoms with Crippen molar-refractivity contribution < 1.29 is 4.79 Å². The SMILES string of the molecule is CC(C)(C)CC1CC(=O)Nc2cnc3ccccc3c2N1. The molecular weight excluding hydrogens is 262 g/mol. The molecule has 4 nitrogen and oxygen atoms in total. The summed E-state index contributed by atoms with van der Waals surface area (Å²) in [5.74, 6) is 0.0487. The van der Waals surface area contributed by atoms with E-state index in [0.29, 0.717) is 6.42 Å². The zero-order chi connectivity index (χ0) is 15.0. The molecule has 1 aromatic heterocycles. The summed E-state index contributed by atoms with van der Waals surface area (Å²) in [4.78, 5) is 16.5. The predicted molar refractivity (Wildman–Crippen MR) is 86.5 cm³/mol. The van der Waals surface area contributed by atoms with Gasteiger partial charge in [0.25, 0.3) is 0 Å². The normalized spacial score (nSPS) is 18.6. The van der Waals surface area contributed by atoms with E-state index in [1.807, 2.05) is 24.3 Å². The van der Waals surface area contributed by atoms with Crippen molar-refractivity contribution in [2.45, 2.75) is 39.7 Å². The smallest absolute Gasteiger partial charge is 0.226 e. The summed E-state index contributed by atoms with van der Waals surface area (Å²) >= 11 is 0. The highest BCUT2D eigenvalue weighted by Crippen LogP contribution is 2.35. The van der Waals surface area contributed by atoms with Crippen LogP contribution < -0.4 is 10.6 Å². The van der Waals surface area contributed by atoms with Gasteiger partial charge in [-0.05, 0) is 17.9 Å². The molecular formula is C17H21N3O. The predicted octanol–water partition coefficient (Wildman–Crippen LogP) is 3.79. The van der Waals surface area contributed by atoms with Crippen molar-refractivity contribution in [2.24, 2.45) is 5.41 Å². The molecule has 110 valence electrons. The number of pyridine rings is 1. The number of nitrogens with zero attached hydrogens (tertiary/aromatic N) is 1. The Labute approximate surface area is 125 Å². The summed E-state index contributed by atoms with van der Waals surface area (Å²) in [7, 11) is 0. The Morgan fingerprint density at radius 1 is 1.29 bits per heavy atom. The number of nitrogens with one attached hydrogen (secondary N) is 2. The lowest BCUT2D eigenvalue weighted by Crippen LogP contribution is -2.27. The molecule has 0 radical (unpaired) electrons. The van der Waals surface area contributed by atoms with Crippen molar-refractivity contribution in [3.8, 4) is 0 Å². The minimum Gasteiger partial charge on any atom is -0.379 e. The van der Waals surface area contributed by atoms with Crippen LogP contribution in [0.3, 0.4) is 0 Å². The van der Waals surface area contributed by atoms with Crippen LogP contribution in [0.5, 0.6) is 0 Å². The summed E-state index contributed by atoms with van der Waals surface area (Å²) in [5, 5.41) is 7.58. The highest BCUT2D eigenvalue weighted by Gasteiger charge is 2.26. The van der Waals surface area contributed by atoms with Crippen LogP contribution in [0.1, 0.15) is 33.6 Å². The van der Waals surface area contributed by atoms with Crippen molar-refractivity contribution in [1.29, 1.82) is 0 Å². The third kappa shape index (κ3) is 2.99. The molecule has 0 spiro atoms. The lowest BCUT2D eigenvalue weighted by atomic mass is 9.87. The maximum Gasteiger partial charge on any atom is 0.226 e. The average Bonchev–Trinajstić information content (AvgIpc) is 2.54. The number of amides is 1. The molecule has 1 aliphatic heterocycles. The number of para-hydroxylation sites is 1. The second-order valence-corrected chi connectivity index (χ2v) is 6.92. The summed E-state index contributed by atoms with van der Waals surface area (Å²) in [6, 6.07) is 8.14. The topological polar surface area (TPSA) is 54.0 Å². The standard InChI is InChI=1S/C17H21N3O/c1-17(2,3)9-11-8-15(21)20-14-10-18-13-7-5-4-6-12(13)16(14)19-11/h4-7,10-11,19H,8-9H2,1-3H3,(H,20,21). The zero-order valence-corrected chi connectivity index (χ0v) is 12.7. The van der Waals surface area contributed by atoms with Gasteiger partial charge in [0.1, 0.15) is 0 Å². The number of benzene rings is 1. The molecule has 1 aromatic carbocycles. The van der Waals surface area contributed by atoms with Crippen molar-refractivity contribution in [3.63, 3.8) is 0 Å². The number of fused-ring (bicyclic) bond motifs is 3. The van der Waals surface area contributed by atoms with Gasteiger partial charge in [-0.1, -0.05) is 39.0 Å². The van der Waals surface area contributed by atoms with Gasteiger partial charge in [-0.2, -0.15) is 0 Å². The largest absolute Gasteiger partial charge is 0.379 e. The Kier molecular flexibility index (Phi) is 3.32. The molecule has 4 heteroatoms. The lowest BCUT2D eigenvalue weighted by Gasteiger charge is -2.26. The first-order valence-corrected chi connectivity index (χ1v) is 7.36. The summed E-state index contributed by atoms with van der Waals surface area (Å²) in [5.41, 5.74) is 2.87. The number of aromatic nitrogens is 1. The molecule has 0 saturated heterocycles. The van der Waals surface area contributed by atoms with Gasteiger partial charge in [-0.3, -0.25) is 9.78 Å². The van der Waals surface area contributed by atoms with Gasteiger partial charge in [0.15, 0.2) is 0 Å². The molecule has 1 aliphatic rings. The third-order valence-electron chi connectivity index (χ3n) is 3.69. The van der Waals surface area contributed by atoms with Gasteiger partial charge in [-0.25, -0.2) is 0 Å². The summed E-state index contributed by atoms with van der Waals surface area (Å²) in [6.45, 7) is 6.59. The van der Waals surface area contributed by atoms with Crippen molar-refractivity contribution in [1.82, 2.24) is 4.98 Å². The highest BCUT2D eigenvalue weighted by atomic mass is 16.1. The van der Waals surface area contributed by atoms with Crippen LogP contribution >= 0.6 is 0 Å². The second-order valence-electron chi connectivity index (χ2n) is 6.92. The van der Waals surface area contributed by atoms with E-state index in [1.54, 1.807) is 6.20 Å². The monoisotopic (exact) mass is 283 g/mol. The van der Waals surface area contributed by atoms with Gasteiger partial charge in [-0.15, -0.1) is 0 Å². The van der Waals surface area contributed by atoms with Crippen molar-refractivity contribution in [2.75, 3.05) is 10.6 Å². The first kappa shape index (κ1) is 13.9. The van der Waals surface area contributed by atoms with Crippen LogP contribution in [-0.2, 0) is 4.79 Å². The van der Waals surface area contributed by atoms with Gasteiger partial charge in [0, 0.05) is 17.8 Å². The van der Waals surface area contributed by atoms with E-state index in [0.717, 1.165) is 28.7 Å². The molecule has 1 unspecified atom stereocenters. The van der Waals surface area contributed by atoms with Gasteiger partial charge in [0.05, 0.1) is 23.1 Å². The lowest BCUT2D eigenvalue weighted by molar-refractivity contribution is -0.116. The highest BCUT2D eigenvalue weighted by molar-refractivity contribution is 6.04. The first-order chi connectivity index (χ1) is 9.92. The molecule has 3 rings (SSSR count). The fourth-order valence-electron chi connectivity index (χ4n) is 2.93. The number of carbonyl (C=O) groups excluding carboxylic acids is 1. The molecule has 0 fully saturated rings. The average molecular weight is 283 g/mol. The molecule has 2 N–H and O–H groups in total. The number of rotatable bonds is 1. The van der Waals surface area contributed by atoms with Gasteiger partial charge >= 0.3 is 0 Å². The second kappa shape index (κ2) is 5.02. The molecule has 0 saturated carbocycles. The minimum atomic E-state index is 0.0487. The van der Waals surface area contributed by atoms with Crippen LogP contribution in [-0.4, -0.2) is 16.9 Å². The van der Waals surface area contributed by atoms with Crippen LogP contribution in [0.15, 0.2) is 30.5 Å². The van der Waals surface area contributed by atoms with Crippen LogP contribution in [0.4, 0.5) is 11.4 Å². The van der Waals surface area contributed by atoms with E-state index in [9.17, 15) is 4.79 Å². The number of carbonyl (C=O) groups is 1. The quantitative estimate of drug-likeness (QED) is 0.837. The molecule has 2 aromatic rings. The molecule has 1 amide bonds. The molecule has 1 atom stereocenters. The molecule has 0 aliphatic carbocycles. The summed E-state index contributed by atoms with van der Waals surface area (Å²) in [6.07, 6.45) is 3.17. The fraction of sp³-hybridized carbons (Fsp3) is 0.412. The molecule has 0 bridgehead atoms. The van der Waals surface area contributed by atoms with Gasteiger partial charge < -0.3 is 10.6 Å². The fourth-order valence-corrected chi connectivity index (χ4v) is 2.93. The van der Waals surface area contributed by atoms with E-state index < -0.39 is 0 Å². The Bertz CT molecular complexity index is 688. The maximum atomic E-state index is 12.1.